The first-order valence-electron chi connectivity index (χ1n) is 9.02. The predicted molar refractivity (Wildman–Crippen MR) is 113 cm³/mol. The van der Waals surface area contributed by atoms with Gasteiger partial charge in [0.15, 0.2) is 11.5 Å². The summed E-state index contributed by atoms with van der Waals surface area (Å²) in [5.41, 5.74) is 3.83. The van der Waals surface area contributed by atoms with Crippen LogP contribution in [-0.4, -0.2) is 35.4 Å². The van der Waals surface area contributed by atoms with E-state index in [1.54, 1.807) is 25.3 Å². The van der Waals surface area contributed by atoms with Crippen molar-refractivity contribution < 1.29 is 14.3 Å². The molecule has 0 aliphatic heterocycles. The summed E-state index contributed by atoms with van der Waals surface area (Å²) in [4.78, 5) is 30.8. The molecule has 3 rings (SSSR count). The molecule has 29 heavy (non-hydrogen) atoms. The zero-order valence-electron chi connectivity index (χ0n) is 16.7. The first-order valence-corrected chi connectivity index (χ1v) is 9.84. The second-order valence-electron chi connectivity index (χ2n) is 6.28. The van der Waals surface area contributed by atoms with Crippen LogP contribution in [0.1, 0.15) is 22.9 Å². The zero-order chi connectivity index (χ0) is 21.0. The number of hydrogen-bond donors (Lipinski definition) is 1. The van der Waals surface area contributed by atoms with Gasteiger partial charge in [0.1, 0.15) is 11.4 Å². The maximum atomic E-state index is 12.6. The molecule has 0 atom stereocenters. The number of aryl methyl sites for hydroxylation is 2. The lowest BCUT2D eigenvalue weighted by Crippen LogP contribution is -2.30. The maximum Gasteiger partial charge on any atom is 0.262 e. The lowest BCUT2D eigenvalue weighted by atomic mass is 10.2. The van der Waals surface area contributed by atoms with Gasteiger partial charge >= 0.3 is 0 Å². The van der Waals surface area contributed by atoms with Gasteiger partial charge in [-0.15, -0.1) is 11.3 Å². The number of benzene rings is 1. The third-order valence-electron chi connectivity index (χ3n) is 4.36. The van der Waals surface area contributed by atoms with Crippen molar-refractivity contribution in [2.24, 2.45) is 5.10 Å². The highest BCUT2D eigenvalue weighted by Gasteiger charge is 2.13. The molecule has 0 unspecified atom stereocenters. The third-order valence-corrected chi connectivity index (χ3v) is 5.48. The number of carbonyl (C=O) groups excluding carboxylic acids is 1. The van der Waals surface area contributed by atoms with E-state index in [9.17, 15) is 9.59 Å². The molecule has 0 aliphatic rings. The minimum absolute atomic E-state index is 0.167. The first-order chi connectivity index (χ1) is 13.9. The van der Waals surface area contributed by atoms with Crippen molar-refractivity contribution in [3.05, 3.63) is 50.9 Å². The lowest BCUT2D eigenvalue weighted by molar-refractivity contribution is -0.121. The second kappa shape index (κ2) is 8.87. The fraction of sp³-hybridized carbons (Fsp3) is 0.300. The van der Waals surface area contributed by atoms with Crippen molar-refractivity contribution in [2.45, 2.75) is 27.3 Å². The van der Waals surface area contributed by atoms with E-state index in [2.05, 4.69) is 15.5 Å². The standard InChI is InChI=1S/C20H22N4O4S/c1-5-28-15-7-6-14(8-16(15)27-4)9-22-23-17(25)10-24-11-21-19-18(20(24)26)12(2)13(3)29-19/h6-9,11H,5,10H2,1-4H3,(H,23,25). The van der Waals surface area contributed by atoms with Gasteiger partial charge < -0.3 is 9.47 Å². The Morgan fingerprint density at radius 1 is 1.34 bits per heavy atom. The Morgan fingerprint density at radius 3 is 2.86 bits per heavy atom. The van der Waals surface area contributed by atoms with E-state index < -0.39 is 5.91 Å². The van der Waals surface area contributed by atoms with E-state index in [1.807, 2.05) is 20.8 Å². The van der Waals surface area contributed by atoms with Gasteiger partial charge in [0.2, 0.25) is 0 Å². The number of carbonyl (C=O) groups is 1. The number of hydrogen-bond acceptors (Lipinski definition) is 7. The van der Waals surface area contributed by atoms with Crippen molar-refractivity contribution in [3.8, 4) is 11.5 Å². The van der Waals surface area contributed by atoms with Crippen LogP contribution in [0.15, 0.2) is 34.4 Å². The van der Waals surface area contributed by atoms with Crippen molar-refractivity contribution >= 4 is 33.7 Å². The van der Waals surface area contributed by atoms with Crippen LogP contribution >= 0.6 is 11.3 Å². The Labute approximate surface area is 171 Å². The van der Waals surface area contributed by atoms with Gasteiger partial charge in [0, 0.05) is 4.88 Å². The molecule has 0 saturated heterocycles. The number of aromatic nitrogens is 2. The highest BCUT2D eigenvalue weighted by atomic mass is 32.1. The molecule has 0 spiro atoms. The minimum Gasteiger partial charge on any atom is -0.493 e. The molecule has 0 radical (unpaired) electrons. The molecule has 1 amide bonds. The van der Waals surface area contributed by atoms with Gasteiger partial charge in [-0.1, -0.05) is 0 Å². The number of hydrazone groups is 1. The molecule has 2 heterocycles. The fourth-order valence-corrected chi connectivity index (χ4v) is 3.78. The number of methoxy groups -OCH3 is 1. The smallest absolute Gasteiger partial charge is 0.262 e. The molecule has 0 fully saturated rings. The molecule has 8 nitrogen and oxygen atoms in total. The van der Waals surface area contributed by atoms with Crippen molar-refractivity contribution in [1.82, 2.24) is 15.0 Å². The highest BCUT2D eigenvalue weighted by Crippen LogP contribution is 2.27. The minimum atomic E-state index is -0.424. The van der Waals surface area contributed by atoms with Crippen molar-refractivity contribution in [2.75, 3.05) is 13.7 Å². The monoisotopic (exact) mass is 414 g/mol. The molecular weight excluding hydrogens is 392 g/mol. The van der Waals surface area contributed by atoms with E-state index in [0.29, 0.717) is 28.3 Å². The Bertz CT molecular complexity index is 1130. The van der Waals surface area contributed by atoms with Crippen LogP contribution in [0.5, 0.6) is 11.5 Å². The van der Waals surface area contributed by atoms with Gasteiger partial charge in [0.05, 0.1) is 31.6 Å². The Hall–Kier alpha value is -3.20. The van der Waals surface area contributed by atoms with Gasteiger partial charge in [-0.3, -0.25) is 14.2 Å². The largest absolute Gasteiger partial charge is 0.493 e. The highest BCUT2D eigenvalue weighted by molar-refractivity contribution is 7.18. The van der Waals surface area contributed by atoms with E-state index in [1.165, 1.54) is 28.4 Å². The van der Waals surface area contributed by atoms with E-state index >= 15 is 0 Å². The maximum absolute atomic E-state index is 12.6. The summed E-state index contributed by atoms with van der Waals surface area (Å²) < 4.78 is 12.0. The molecule has 3 aromatic rings. The van der Waals surface area contributed by atoms with Crippen LogP contribution in [0.25, 0.3) is 10.2 Å². The molecule has 0 aliphatic carbocycles. The summed E-state index contributed by atoms with van der Waals surface area (Å²) >= 11 is 1.47. The predicted octanol–water partition coefficient (Wildman–Crippen LogP) is 2.63. The second-order valence-corrected chi connectivity index (χ2v) is 7.48. The third kappa shape index (κ3) is 4.45. The quantitative estimate of drug-likeness (QED) is 0.474. The number of nitrogens with one attached hydrogen (secondary N) is 1. The number of thiophene rings is 1. The molecule has 152 valence electrons. The van der Waals surface area contributed by atoms with Crippen molar-refractivity contribution in [1.29, 1.82) is 0 Å². The van der Waals surface area contributed by atoms with Crippen LogP contribution in [0.4, 0.5) is 0 Å². The van der Waals surface area contributed by atoms with Crippen LogP contribution in [0.3, 0.4) is 0 Å². The lowest BCUT2D eigenvalue weighted by Gasteiger charge is -2.09. The van der Waals surface area contributed by atoms with Gasteiger partial charge in [-0.2, -0.15) is 5.10 Å². The SMILES string of the molecule is CCOc1ccc(C=NNC(=O)Cn2cnc3sc(C)c(C)c3c2=O)cc1OC. The Kier molecular flexibility index (Phi) is 6.28. The zero-order valence-corrected chi connectivity index (χ0v) is 17.5. The number of nitrogens with zero attached hydrogens (tertiary/aromatic N) is 3. The van der Waals surface area contributed by atoms with E-state index in [-0.39, 0.29) is 12.1 Å². The molecule has 1 aromatic carbocycles. The first kappa shape index (κ1) is 20.5. The van der Waals surface area contributed by atoms with Crippen LogP contribution < -0.4 is 20.5 Å². The van der Waals surface area contributed by atoms with Crippen LogP contribution in [0.2, 0.25) is 0 Å². The molecule has 0 bridgehead atoms. The molecular formula is C20H22N4O4S. The summed E-state index contributed by atoms with van der Waals surface area (Å²) in [5.74, 6) is 0.791. The number of rotatable bonds is 7. The Balaban J connectivity index is 1.69. The van der Waals surface area contributed by atoms with E-state index in [0.717, 1.165) is 16.0 Å². The summed E-state index contributed by atoms with van der Waals surface area (Å²) in [6.45, 7) is 6.09. The summed E-state index contributed by atoms with van der Waals surface area (Å²) in [6.07, 6.45) is 2.88. The number of amides is 1. The number of ether oxygens (including phenoxy) is 2. The Morgan fingerprint density at radius 2 is 2.14 bits per heavy atom. The van der Waals surface area contributed by atoms with Crippen LogP contribution in [0, 0.1) is 13.8 Å². The van der Waals surface area contributed by atoms with Gasteiger partial charge in [0.25, 0.3) is 11.5 Å². The summed E-state index contributed by atoms with van der Waals surface area (Å²) in [5, 5.41) is 4.51. The van der Waals surface area contributed by atoms with E-state index in [4.69, 9.17) is 9.47 Å². The molecule has 2 aromatic heterocycles. The normalized spacial score (nSPS) is 11.2. The molecule has 0 saturated carbocycles. The van der Waals surface area contributed by atoms with Gasteiger partial charge in [-0.05, 0) is 50.1 Å². The molecule has 9 heteroatoms. The van der Waals surface area contributed by atoms with Gasteiger partial charge in [-0.25, -0.2) is 10.4 Å². The average Bonchev–Trinajstić information content (AvgIpc) is 3.00. The van der Waals surface area contributed by atoms with Crippen LogP contribution in [-0.2, 0) is 11.3 Å². The topological polar surface area (TPSA) is 94.8 Å². The summed E-state index contributed by atoms with van der Waals surface area (Å²) in [6, 6.07) is 5.33. The number of fused-ring (bicyclic) bond motifs is 1. The summed E-state index contributed by atoms with van der Waals surface area (Å²) in [7, 11) is 1.56. The van der Waals surface area contributed by atoms with Crippen molar-refractivity contribution in [3.63, 3.8) is 0 Å². The molecule has 1 N–H and O–H groups in total. The average molecular weight is 414 g/mol. The fourth-order valence-electron chi connectivity index (χ4n) is 2.79.